The summed E-state index contributed by atoms with van der Waals surface area (Å²) in [6, 6.07) is 28.0. The fraction of sp³-hybridized carbons (Fsp3) is 0.326. The molecule has 4 aliphatic carbocycles. The number of aromatic nitrogens is 2. The molecule has 242 valence electrons. The zero-order valence-electron chi connectivity index (χ0n) is 28.4. The molecule has 5 aromatic carbocycles. The maximum absolute atomic E-state index is 14.2. The van der Waals surface area contributed by atoms with Crippen molar-refractivity contribution < 1.29 is 9.53 Å². The number of benzene rings is 5. The molecule has 0 N–H and O–H groups in total. The van der Waals surface area contributed by atoms with Crippen LogP contribution >= 0.6 is 0 Å². The summed E-state index contributed by atoms with van der Waals surface area (Å²) in [4.78, 5) is 14.2. The van der Waals surface area contributed by atoms with Gasteiger partial charge in [-0.1, -0.05) is 42.5 Å². The molecule has 0 spiro atoms. The molecule has 2 aliphatic heterocycles. The molecule has 0 radical (unpaired) electrons. The number of para-hydroxylation sites is 2. The lowest BCUT2D eigenvalue weighted by atomic mass is 9.67. The molecule has 15 rings (SSSR count). The summed E-state index contributed by atoms with van der Waals surface area (Å²) in [5.74, 6) is 3.17. The van der Waals surface area contributed by atoms with Crippen LogP contribution in [0.1, 0.15) is 97.7 Å². The normalized spacial score (nSPS) is 30.2. The van der Waals surface area contributed by atoms with Crippen LogP contribution < -0.4 is 0 Å². The highest BCUT2D eigenvalue weighted by molar-refractivity contribution is 6.38. The molecule has 4 nitrogen and oxygen atoms in total. The Bertz CT molecular complexity index is 3070. The molecule has 1 saturated heterocycles. The number of rotatable bonds is 0. The summed E-state index contributed by atoms with van der Waals surface area (Å²) in [5.41, 5.74) is 11.8. The third-order valence-corrected chi connectivity index (χ3v) is 14.9. The minimum atomic E-state index is -0.739. The second-order valence-corrected chi connectivity index (χ2v) is 17.5. The summed E-state index contributed by atoms with van der Waals surface area (Å²) in [6.07, 6.45) is 8.47. The van der Waals surface area contributed by atoms with E-state index in [1.165, 1.54) is 108 Å². The van der Waals surface area contributed by atoms with E-state index in [0.717, 1.165) is 35.8 Å². The van der Waals surface area contributed by atoms with E-state index in [0.29, 0.717) is 11.8 Å². The van der Waals surface area contributed by atoms with Gasteiger partial charge in [-0.05, 0) is 129 Å². The van der Waals surface area contributed by atoms with Crippen LogP contribution in [-0.4, -0.2) is 20.2 Å². The molecule has 6 bridgehead atoms. The van der Waals surface area contributed by atoms with Crippen LogP contribution in [0.15, 0.2) is 72.8 Å². The molecular formula is C46H36N2O2. The number of ketones is 1. The first-order chi connectivity index (χ1) is 24.4. The zero-order valence-corrected chi connectivity index (χ0v) is 28.4. The SMILES string of the molecule is CC12CCC(C)(O1)c1cc3c4cc5c(c6cccc7c8ccccc8n5c76)c5c6c7c(ccc6n(c3cc1C2=O)c45)C1CC2CC(C1)CC7C2. The van der Waals surface area contributed by atoms with Crippen molar-refractivity contribution in [2.45, 2.75) is 81.8 Å². The monoisotopic (exact) mass is 648 g/mol. The van der Waals surface area contributed by atoms with E-state index in [1.807, 2.05) is 6.92 Å². The van der Waals surface area contributed by atoms with Crippen molar-refractivity contribution in [2.24, 2.45) is 11.8 Å². The van der Waals surface area contributed by atoms with E-state index in [1.54, 1.807) is 11.1 Å². The Hall–Kier alpha value is -4.67. The third-order valence-electron chi connectivity index (χ3n) is 14.9. The molecule has 2 saturated carbocycles. The van der Waals surface area contributed by atoms with Gasteiger partial charge >= 0.3 is 0 Å². The average molecular weight is 649 g/mol. The smallest absolute Gasteiger partial charge is 0.194 e. The number of carbonyl (C=O) groups excluding carboxylic acids is 1. The van der Waals surface area contributed by atoms with E-state index < -0.39 is 11.2 Å². The Labute approximate surface area is 288 Å². The van der Waals surface area contributed by atoms with Crippen molar-refractivity contribution in [1.82, 2.24) is 8.80 Å². The van der Waals surface area contributed by atoms with Crippen LogP contribution in [0.3, 0.4) is 0 Å². The predicted octanol–water partition coefficient (Wildman–Crippen LogP) is 11.4. The quantitative estimate of drug-likeness (QED) is 0.164. The lowest BCUT2D eigenvalue weighted by molar-refractivity contribution is -0.0778. The van der Waals surface area contributed by atoms with Crippen LogP contribution in [0.2, 0.25) is 0 Å². The van der Waals surface area contributed by atoms with Crippen molar-refractivity contribution in [3.05, 3.63) is 95.1 Å². The number of fused-ring (bicyclic) bond motifs is 17. The molecule has 3 fully saturated rings. The van der Waals surface area contributed by atoms with Crippen molar-refractivity contribution in [2.75, 3.05) is 0 Å². The van der Waals surface area contributed by atoms with Crippen LogP contribution in [0.5, 0.6) is 0 Å². The minimum Gasteiger partial charge on any atom is -0.356 e. The van der Waals surface area contributed by atoms with Gasteiger partial charge in [0.2, 0.25) is 0 Å². The number of carbonyl (C=O) groups is 1. The van der Waals surface area contributed by atoms with Gasteiger partial charge in [0.1, 0.15) is 5.60 Å². The Balaban J connectivity index is 1.26. The standard InChI is InChI=1S/C46H36N2O2/c1-45-12-13-46(2,50-45)44(49)32-21-36-30(19-33(32)45)31-20-37-39(29-8-5-7-28-27-6-3-4-9-34(27)47(37)42(28)29)41-40-35(48(36)43(31)41)11-10-26-24-15-22-14-23(16-24)18-25(17-22)38(26)40/h3-11,19-25H,12-18H2,1-2H3. The van der Waals surface area contributed by atoms with Gasteiger partial charge in [0.05, 0.1) is 38.7 Å². The maximum atomic E-state index is 14.2. The Morgan fingerprint density at radius 2 is 1.36 bits per heavy atom. The number of Topliss-reactive ketones (excluding diaryl/α,β-unsaturated/α-hetero) is 1. The highest BCUT2D eigenvalue weighted by Crippen LogP contribution is 2.60. The Morgan fingerprint density at radius 3 is 2.24 bits per heavy atom. The fourth-order valence-corrected chi connectivity index (χ4v) is 13.2. The van der Waals surface area contributed by atoms with Crippen LogP contribution in [0.25, 0.3) is 76.2 Å². The van der Waals surface area contributed by atoms with Gasteiger partial charge in [-0.3, -0.25) is 4.79 Å². The Kier molecular flexibility index (Phi) is 4.16. The second kappa shape index (κ2) is 7.95. The molecule has 4 heteroatoms. The van der Waals surface area contributed by atoms with Gasteiger partial charge in [-0.15, -0.1) is 0 Å². The molecule has 9 aromatic rings. The first kappa shape index (κ1) is 26.2. The van der Waals surface area contributed by atoms with Gasteiger partial charge in [-0.2, -0.15) is 0 Å². The molecule has 50 heavy (non-hydrogen) atoms. The summed E-state index contributed by atoms with van der Waals surface area (Å²) >= 11 is 0. The van der Waals surface area contributed by atoms with Gasteiger partial charge in [0.15, 0.2) is 5.78 Å². The number of hydrogen-bond acceptors (Lipinski definition) is 2. The van der Waals surface area contributed by atoms with Crippen LogP contribution in [0.4, 0.5) is 0 Å². The van der Waals surface area contributed by atoms with E-state index in [2.05, 4.69) is 88.5 Å². The van der Waals surface area contributed by atoms with Gasteiger partial charge in [0.25, 0.3) is 0 Å². The zero-order chi connectivity index (χ0) is 32.6. The molecule has 4 atom stereocenters. The van der Waals surface area contributed by atoms with E-state index >= 15 is 0 Å². The van der Waals surface area contributed by atoms with E-state index in [4.69, 9.17) is 4.74 Å². The number of nitrogens with zero attached hydrogens (tertiary/aromatic N) is 2. The highest BCUT2D eigenvalue weighted by Gasteiger charge is 2.55. The topological polar surface area (TPSA) is 35.1 Å². The molecule has 6 aliphatic rings. The Morgan fingerprint density at radius 1 is 0.600 bits per heavy atom. The van der Waals surface area contributed by atoms with Crippen molar-refractivity contribution >= 4 is 82.0 Å². The number of ether oxygens (including phenoxy) is 1. The van der Waals surface area contributed by atoms with Crippen LogP contribution in [-0.2, 0) is 10.3 Å². The summed E-state index contributed by atoms with van der Waals surface area (Å²) in [7, 11) is 0. The van der Waals surface area contributed by atoms with Crippen LogP contribution in [0, 0.1) is 11.8 Å². The third kappa shape index (κ3) is 2.68. The first-order valence-electron chi connectivity index (χ1n) is 19.0. The summed E-state index contributed by atoms with van der Waals surface area (Å²) < 4.78 is 11.8. The summed E-state index contributed by atoms with van der Waals surface area (Å²) in [6.45, 7) is 4.22. The lowest BCUT2D eigenvalue weighted by Crippen LogP contribution is -2.43. The highest BCUT2D eigenvalue weighted by atomic mass is 16.5. The van der Waals surface area contributed by atoms with Gasteiger partial charge in [0, 0.05) is 48.7 Å². The molecule has 0 amide bonds. The van der Waals surface area contributed by atoms with E-state index in [-0.39, 0.29) is 5.78 Å². The molecule has 4 unspecified atom stereocenters. The molecule has 6 heterocycles. The lowest BCUT2D eigenvalue weighted by Gasteiger charge is -2.38. The van der Waals surface area contributed by atoms with Crippen molar-refractivity contribution in [3.8, 4) is 0 Å². The minimum absolute atomic E-state index is 0.147. The largest absolute Gasteiger partial charge is 0.356 e. The molecule has 4 aromatic heterocycles. The van der Waals surface area contributed by atoms with Crippen molar-refractivity contribution in [1.29, 1.82) is 0 Å². The second-order valence-electron chi connectivity index (χ2n) is 17.5. The first-order valence-corrected chi connectivity index (χ1v) is 19.0. The average Bonchev–Trinajstić information content (AvgIpc) is 3.87. The van der Waals surface area contributed by atoms with Crippen molar-refractivity contribution in [3.63, 3.8) is 0 Å². The fourth-order valence-electron chi connectivity index (χ4n) is 13.2. The number of hydrogen-bond donors (Lipinski definition) is 0. The van der Waals surface area contributed by atoms with E-state index in [9.17, 15) is 4.79 Å². The summed E-state index contributed by atoms with van der Waals surface area (Å²) in [5, 5.41) is 10.9. The predicted molar refractivity (Wildman–Crippen MR) is 202 cm³/mol. The maximum Gasteiger partial charge on any atom is 0.194 e. The molecular weight excluding hydrogens is 613 g/mol. The van der Waals surface area contributed by atoms with Gasteiger partial charge < -0.3 is 13.5 Å². The van der Waals surface area contributed by atoms with Gasteiger partial charge in [-0.25, -0.2) is 0 Å².